The number of carbonyl (C=O) groups is 1. The van der Waals surface area contributed by atoms with E-state index in [1.165, 1.54) is 33.8 Å². The zero-order valence-corrected chi connectivity index (χ0v) is 25.6. The molecular weight excluding hydrogens is 600 g/mol. The van der Waals surface area contributed by atoms with Crippen LogP contribution in [0.5, 0.6) is 0 Å². The van der Waals surface area contributed by atoms with Crippen LogP contribution in [0.1, 0.15) is 26.5 Å². The molecule has 0 unspecified atom stereocenters. The van der Waals surface area contributed by atoms with Gasteiger partial charge in [-0.15, -0.1) is 11.3 Å². The van der Waals surface area contributed by atoms with Gasteiger partial charge in [0.25, 0.3) is 10.0 Å². The van der Waals surface area contributed by atoms with Crippen molar-refractivity contribution in [1.29, 1.82) is 5.26 Å². The summed E-state index contributed by atoms with van der Waals surface area (Å²) < 4.78 is 46.7. The van der Waals surface area contributed by atoms with Gasteiger partial charge >= 0.3 is 5.91 Å². The van der Waals surface area contributed by atoms with Gasteiger partial charge in [-0.3, -0.25) is 8.79 Å². The van der Waals surface area contributed by atoms with E-state index in [0.29, 0.717) is 45.9 Å². The fraction of sp³-hybridized carbons (Fsp3) is 0.219. The van der Waals surface area contributed by atoms with Gasteiger partial charge in [-0.25, -0.2) is 22.6 Å². The quantitative estimate of drug-likeness (QED) is 0.249. The second-order valence-electron chi connectivity index (χ2n) is 11.0. The number of piperazine rings is 1. The normalized spacial score (nSPS) is 14.8. The van der Waals surface area contributed by atoms with Gasteiger partial charge in [0, 0.05) is 30.5 Å². The molecule has 3 aromatic carbocycles. The monoisotopic (exact) mass is 629 g/mol. The molecule has 6 rings (SSSR count). The Morgan fingerprint density at radius 2 is 1.89 bits per heavy atom. The fourth-order valence-corrected chi connectivity index (χ4v) is 7.93. The molecule has 1 saturated heterocycles. The summed E-state index contributed by atoms with van der Waals surface area (Å²) >= 11 is 1.40. The maximum absolute atomic E-state index is 14.2. The van der Waals surface area contributed by atoms with E-state index in [9.17, 15) is 17.6 Å². The number of nitrogens with one attached hydrogen (secondary N) is 1. The van der Waals surface area contributed by atoms with E-state index in [1.807, 2.05) is 35.9 Å². The number of carbonyl (C=O) groups excluding carboxylic acids is 1. The minimum Gasteiger partial charge on any atom is -0.328 e. The molecule has 0 saturated carbocycles. The summed E-state index contributed by atoms with van der Waals surface area (Å²) in [6.07, 6.45) is 3.23. The van der Waals surface area contributed by atoms with Crippen molar-refractivity contribution in [2.45, 2.75) is 18.0 Å². The standard InChI is InChI=1S/C32H30FN6O3S2/c1-39(13-11-35-12-14-39)32(40)31-16-25-15-27(9-10-30(25)43-31)38(44(41,42)29-4-2-3-26(33)17-29)21-28-19-36-22-37(28)20-24-7-5-23(18-34)6-8-24/h2-10,15-17,19,22,35H,11-14,20-21H2,1H3/q+1. The maximum Gasteiger partial charge on any atom is 0.355 e. The van der Waals surface area contributed by atoms with Crippen molar-refractivity contribution in [3.63, 3.8) is 0 Å². The highest BCUT2D eigenvalue weighted by atomic mass is 32.2. The smallest absolute Gasteiger partial charge is 0.328 e. The second kappa shape index (κ2) is 11.9. The van der Waals surface area contributed by atoms with Crippen molar-refractivity contribution in [3.8, 4) is 6.07 Å². The number of benzene rings is 3. The van der Waals surface area contributed by atoms with Crippen molar-refractivity contribution in [3.05, 3.63) is 113 Å². The molecule has 224 valence electrons. The molecule has 3 heterocycles. The second-order valence-corrected chi connectivity index (χ2v) is 14.0. The molecule has 12 heteroatoms. The van der Waals surface area contributed by atoms with Crippen LogP contribution in [0.4, 0.5) is 10.1 Å². The summed E-state index contributed by atoms with van der Waals surface area (Å²) in [4.78, 5) is 18.2. The van der Waals surface area contributed by atoms with Crippen LogP contribution >= 0.6 is 11.3 Å². The van der Waals surface area contributed by atoms with Gasteiger partial charge in [0.05, 0.1) is 60.9 Å². The Kier molecular flexibility index (Phi) is 8.04. The molecule has 0 radical (unpaired) electrons. The fourth-order valence-electron chi connectivity index (χ4n) is 5.37. The molecule has 1 amide bonds. The van der Waals surface area contributed by atoms with Gasteiger partial charge in [-0.1, -0.05) is 18.2 Å². The molecular formula is C32H30FN6O3S2+. The van der Waals surface area contributed by atoms with Gasteiger partial charge in [-0.05, 0) is 65.5 Å². The number of hydrogen-bond donors (Lipinski definition) is 1. The average Bonchev–Trinajstić information content (AvgIpc) is 3.66. The van der Waals surface area contributed by atoms with Crippen LogP contribution in [0.3, 0.4) is 0 Å². The highest BCUT2D eigenvalue weighted by molar-refractivity contribution is 7.92. The number of halogens is 1. The molecule has 0 bridgehead atoms. The van der Waals surface area contributed by atoms with E-state index < -0.39 is 15.8 Å². The SMILES string of the molecule is C[N+]1(C(=O)c2cc3cc(N(Cc4cncn4Cc4ccc(C#N)cc4)S(=O)(=O)c4cccc(F)c4)ccc3s2)CCNCC1. The Bertz CT molecular complexity index is 1990. The molecule has 1 aliphatic heterocycles. The number of sulfonamides is 1. The number of nitrogens with zero attached hydrogens (tertiary/aromatic N) is 5. The summed E-state index contributed by atoms with van der Waals surface area (Å²) in [5, 5.41) is 13.2. The Morgan fingerprint density at radius 3 is 2.61 bits per heavy atom. The third-order valence-electron chi connectivity index (χ3n) is 7.98. The van der Waals surface area contributed by atoms with E-state index in [4.69, 9.17) is 5.26 Å². The molecule has 1 aliphatic rings. The van der Waals surface area contributed by atoms with Crippen molar-refractivity contribution in [1.82, 2.24) is 14.9 Å². The first kappa shape index (κ1) is 29.7. The summed E-state index contributed by atoms with van der Waals surface area (Å²) in [7, 11) is -2.26. The van der Waals surface area contributed by atoms with Gasteiger partial charge < -0.3 is 9.88 Å². The first-order valence-electron chi connectivity index (χ1n) is 14.1. The van der Waals surface area contributed by atoms with E-state index in [1.54, 1.807) is 36.8 Å². The number of rotatable bonds is 8. The molecule has 9 nitrogen and oxygen atoms in total. The molecule has 5 aromatic rings. The van der Waals surface area contributed by atoms with Crippen LogP contribution in [-0.4, -0.2) is 61.6 Å². The Morgan fingerprint density at radius 1 is 1.11 bits per heavy atom. The molecule has 44 heavy (non-hydrogen) atoms. The first-order valence-corrected chi connectivity index (χ1v) is 16.3. The lowest BCUT2D eigenvalue weighted by Crippen LogP contribution is -2.59. The van der Waals surface area contributed by atoms with Gasteiger partial charge in [0.2, 0.25) is 0 Å². The predicted molar refractivity (Wildman–Crippen MR) is 167 cm³/mol. The minimum absolute atomic E-state index is 0.0465. The van der Waals surface area contributed by atoms with Crippen LogP contribution in [0.2, 0.25) is 0 Å². The molecule has 1 fully saturated rings. The maximum atomic E-state index is 14.2. The molecule has 2 aromatic heterocycles. The van der Waals surface area contributed by atoms with Crippen molar-refractivity contribution in [2.75, 3.05) is 37.5 Å². The van der Waals surface area contributed by atoms with Gasteiger partial charge in [0.15, 0.2) is 0 Å². The number of thiophene rings is 1. The highest BCUT2D eigenvalue weighted by Gasteiger charge is 2.35. The summed E-state index contributed by atoms with van der Waals surface area (Å²) in [5.41, 5.74) is 2.46. The minimum atomic E-state index is -4.21. The third kappa shape index (κ3) is 5.87. The van der Waals surface area contributed by atoms with Crippen LogP contribution in [0.15, 0.2) is 90.2 Å². The molecule has 0 atom stereocenters. The third-order valence-corrected chi connectivity index (χ3v) is 10.9. The highest BCUT2D eigenvalue weighted by Crippen LogP contribution is 2.34. The Labute approximate surface area is 259 Å². The first-order chi connectivity index (χ1) is 21.2. The zero-order valence-electron chi connectivity index (χ0n) is 24.0. The van der Waals surface area contributed by atoms with Crippen LogP contribution in [0.25, 0.3) is 10.1 Å². The summed E-state index contributed by atoms with van der Waals surface area (Å²) in [5.74, 6) is -0.608. The Balaban J connectivity index is 1.37. The van der Waals surface area contributed by atoms with Crippen molar-refractivity contribution < 1.29 is 22.1 Å². The summed E-state index contributed by atoms with van der Waals surface area (Å²) in [6, 6.07) is 21.3. The van der Waals surface area contributed by atoms with Crippen LogP contribution < -0.4 is 9.62 Å². The average molecular weight is 630 g/mol. The van der Waals surface area contributed by atoms with E-state index >= 15 is 0 Å². The number of nitriles is 1. The largest absolute Gasteiger partial charge is 0.355 e. The zero-order chi connectivity index (χ0) is 30.9. The number of likely N-dealkylation sites (N-methyl/N-ethyl adjacent to an activating group) is 1. The van der Waals surface area contributed by atoms with Gasteiger partial charge in [-0.2, -0.15) is 5.26 Å². The lowest BCUT2D eigenvalue weighted by atomic mass is 10.1. The van der Waals surface area contributed by atoms with Gasteiger partial charge in [0.1, 0.15) is 10.7 Å². The summed E-state index contributed by atoms with van der Waals surface area (Å²) in [6.45, 7) is 3.29. The predicted octanol–water partition coefficient (Wildman–Crippen LogP) is 4.74. The molecule has 0 aliphatic carbocycles. The van der Waals surface area contributed by atoms with Crippen LogP contribution in [0, 0.1) is 17.1 Å². The van der Waals surface area contributed by atoms with Crippen LogP contribution in [-0.2, 0) is 23.1 Å². The van der Waals surface area contributed by atoms with E-state index in [0.717, 1.165) is 34.8 Å². The topological polar surface area (TPSA) is 108 Å². The molecule has 0 spiro atoms. The Hall–Kier alpha value is -4.41. The number of imidazole rings is 1. The number of quaternary nitrogens is 1. The number of hydrogen-bond acceptors (Lipinski definition) is 7. The lowest BCUT2D eigenvalue weighted by molar-refractivity contribution is -0.830. The molecule has 1 N–H and O–H groups in total. The number of aromatic nitrogens is 2. The number of fused-ring (bicyclic) bond motifs is 1. The lowest BCUT2D eigenvalue weighted by Gasteiger charge is -2.34. The number of anilines is 1. The van der Waals surface area contributed by atoms with Crippen molar-refractivity contribution >= 4 is 43.0 Å². The van der Waals surface area contributed by atoms with E-state index in [2.05, 4.69) is 16.4 Å². The number of amides is 1. The van der Waals surface area contributed by atoms with Crippen molar-refractivity contribution in [2.24, 2.45) is 0 Å². The van der Waals surface area contributed by atoms with E-state index in [-0.39, 0.29) is 17.3 Å².